The van der Waals surface area contributed by atoms with Crippen LogP contribution in [0.1, 0.15) is 36.0 Å². The van der Waals surface area contributed by atoms with Crippen molar-refractivity contribution >= 4 is 0 Å². The lowest BCUT2D eigenvalue weighted by atomic mass is 10.0. The molecule has 1 aromatic carbocycles. The Hall–Kier alpha value is -1.61. The fourth-order valence-electron chi connectivity index (χ4n) is 2.43. The van der Waals surface area contributed by atoms with Crippen LogP contribution in [0, 0.1) is 12.8 Å². The monoisotopic (exact) mass is 241 g/mol. The van der Waals surface area contributed by atoms with Gasteiger partial charge in [-0.15, -0.1) is 0 Å². The lowest BCUT2D eigenvalue weighted by Crippen LogP contribution is -2.22. The van der Waals surface area contributed by atoms with Crippen LogP contribution in [0.3, 0.4) is 0 Å². The van der Waals surface area contributed by atoms with Crippen molar-refractivity contribution in [3.63, 3.8) is 0 Å². The summed E-state index contributed by atoms with van der Waals surface area (Å²) in [5.74, 6) is 1.78. The van der Waals surface area contributed by atoms with E-state index < -0.39 is 0 Å². The highest BCUT2D eigenvalue weighted by molar-refractivity contribution is 5.21. The van der Waals surface area contributed by atoms with Crippen molar-refractivity contribution in [3.05, 3.63) is 53.6 Å². The fourth-order valence-corrected chi connectivity index (χ4v) is 2.43. The molecule has 2 N–H and O–H groups in total. The molecule has 1 aliphatic rings. The number of hydrogen-bond acceptors (Lipinski definition) is 2. The molecule has 94 valence electrons. The Morgan fingerprint density at radius 1 is 1.33 bits per heavy atom. The van der Waals surface area contributed by atoms with Crippen LogP contribution in [0.25, 0.3) is 0 Å². The number of hydrogen-bond donors (Lipinski definition) is 2. The number of nitrogens with one attached hydrogen (secondary N) is 2. The molecular weight excluding hydrogens is 222 g/mol. The Morgan fingerprint density at radius 2 is 2.11 bits per heavy atom. The predicted molar refractivity (Wildman–Crippen MR) is 72.1 cm³/mol. The molecule has 1 unspecified atom stereocenters. The normalized spacial score (nSPS) is 16.7. The highest BCUT2D eigenvalue weighted by Gasteiger charge is 2.31. The van der Waals surface area contributed by atoms with Crippen molar-refractivity contribution < 1.29 is 0 Å². The third-order valence-corrected chi connectivity index (χ3v) is 3.52. The van der Waals surface area contributed by atoms with Crippen molar-refractivity contribution in [2.45, 2.75) is 32.4 Å². The number of imidazole rings is 1. The number of aryl methyl sites for hydroxylation is 1. The van der Waals surface area contributed by atoms with Crippen LogP contribution in [0.4, 0.5) is 0 Å². The van der Waals surface area contributed by atoms with E-state index in [4.69, 9.17) is 0 Å². The Bertz CT molecular complexity index is 499. The summed E-state index contributed by atoms with van der Waals surface area (Å²) in [6.07, 6.45) is 4.60. The Kier molecular flexibility index (Phi) is 3.15. The lowest BCUT2D eigenvalue weighted by Gasteiger charge is -2.18. The van der Waals surface area contributed by atoms with Gasteiger partial charge in [0.05, 0.1) is 0 Å². The smallest absolute Gasteiger partial charge is 0.103 e. The van der Waals surface area contributed by atoms with Gasteiger partial charge in [-0.2, -0.15) is 0 Å². The van der Waals surface area contributed by atoms with E-state index in [1.807, 2.05) is 13.1 Å². The minimum atomic E-state index is 0.481. The van der Waals surface area contributed by atoms with Gasteiger partial charge in [0.15, 0.2) is 0 Å². The molecule has 3 heteroatoms. The number of nitrogens with zero attached hydrogens (tertiary/aromatic N) is 1. The van der Waals surface area contributed by atoms with Gasteiger partial charge in [0, 0.05) is 24.5 Å². The van der Waals surface area contributed by atoms with Crippen molar-refractivity contribution in [2.24, 2.45) is 5.92 Å². The standard InChI is InChI=1S/C15H19N3/c1-11-16-9-14(18-11)10-17-15(13-7-8-13)12-5-3-2-4-6-12/h2-6,9,13,15,17H,7-8,10H2,1H3,(H,16,18). The van der Waals surface area contributed by atoms with E-state index in [9.17, 15) is 0 Å². The summed E-state index contributed by atoms with van der Waals surface area (Å²) in [6, 6.07) is 11.2. The molecule has 0 bridgehead atoms. The first-order valence-electron chi connectivity index (χ1n) is 6.62. The summed E-state index contributed by atoms with van der Waals surface area (Å²) in [4.78, 5) is 7.50. The van der Waals surface area contributed by atoms with E-state index in [0.29, 0.717) is 6.04 Å². The second-order valence-electron chi connectivity index (χ2n) is 5.10. The van der Waals surface area contributed by atoms with Crippen LogP contribution in [0.15, 0.2) is 36.5 Å². The molecule has 3 rings (SSSR count). The molecule has 0 radical (unpaired) electrons. The number of benzene rings is 1. The van der Waals surface area contributed by atoms with Gasteiger partial charge in [0.2, 0.25) is 0 Å². The van der Waals surface area contributed by atoms with Crippen molar-refractivity contribution in [1.82, 2.24) is 15.3 Å². The number of aromatic nitrogens is 2. The summed E-state index contributed by atoms with van der Waals surface area (Å²) < 4.78 is 0. The molecule has 0 amide bonds. The van der Waals surface area contributed by atoms with E-state index in [-0.39, 0.29) is 0 Å². The van der Waals surface area contributed by atoms with Crippen molar-refractivity contribution in [1.29, 1.82) is 0 Å². The first kappa shape index (κ1) is 11.5. The summed E-state index contributed by atoms with van der Waals surface area (Å²) >= 11 is 0. The Balaban J connectivity index is 1.68. The van der Waals surface area contributed by atoms with E-state index in [1.54, 1.807) is 0 Å². The van der Waals surface area contributed by atoms with E-state index >= 15 is 0 Å². The van der Waals surface area contributed by atoms with Gasteiger partial charge >= 0.3 is 0 Å². The zero-order valence-electron chi connectivity index (χ0n) is 10.7. The van der Waals surface area contributed by atoms with Crippen molar-refractivity contribution in [2.75, 3.05) is 0 Å². The second kappa shape index (κ2) is 4.94. The third-order valence-electron chi connectivity index (χ3n) is 3.52. The first-order valence-corrected chi connectivity index (χ1v) is 6.62. The molecule has 3 nitrogen and oxygen atoms in total. The molecule has 1 heterocycles. The maximum absolute atomic E-state index is 4.23. The number of aromatic amines is 1. The van der Waals surface area contributed by atoms with Crippen LogP contribution in [-0.2, 0) is 6.54 Å². The van der Waals surface area contributed by atoms with Crippen LogP contribution in [0.5, 0.6) is 0 Å². The Morgan fingerprint density at radius 3 is 2.72 bits per heavy atom. The molecule has 1 fully saturated rings. The lowest BCUT2D eigenvalue weighted by molar-refractivity contribution is 0.477. The number of rotatable bonds is 5. The minimum absolute atomic E-state index is 0.481. The zero-order valence-corrected chi connectivity index (χ0v) is 10.7. The molecule has 1 aliphatic carbocycles. The van der Waals surface area contributed by atoms with Gasteiger partial charge in [0.1, 0.15) is 5.82 Å². The molecule has 0 spiro atoms. The molecule has 0 aliphatic heterocycles. The summed E-state index contributed by atoms with van der Waals surface area (Å²) in [7, 11) is 0. The largest absolute Gasteiger partial charge is 0.345 e. The van der Waals surface area contributed by atoms with E-state index in [0.717, 1.165) is 24.0 Å². The zero-order chi connectivity index (χ0) is 12.4. The molecule has 0 saturated heterocycles. The highest BCUT2D eigenvalue weighted by Crippen LogP contribution is 2.40. The molecule has 1 atom stereocenters. The van der Waals surface area contributed by atoms with E-state index in [2.05, 4.69) is 45.6 Å². The summed E-state index contributed by atoms with van der Waals surface area (Å²) in [5, 5.41) is 3.66. The van der Waals surface area contributed by atoms with Gasteiger partial charge in [0.25, 0.3) is 0 Å². The van der Waals surface area contributed by atoms with Gasteiger partial charge < -0.3 is 10.3 Å². The molecular formula is C15H19N3. The highest BCUT2D eigenvalue weighted by atomic mass is 15.0. The van der Waals surface area contributed by atoms with Crippen LogP contribution in [0.2, 0.25) is 0 Å². The first-order chi connectivity index (χ1) is 8.83. The maximum Gasteiger partial charge on any atom is 0.103 e. The Labute approximate surface area is 108 Å². The predicted octanol–water partition coefficient (Wildman–Crippen LogP) is 2.96. The molecule has 1 aromatic heterocycles. The van der Waals surface area contributed by atoms with E-state index in [1.165, 1.54) is 18.4 Å². The average molecular weight is 241 g/mol. The van der Waals surface area contributed by atoms with Crippen LogP contribution < -0.4 is 5.32 Å². The quantitative estimate of drug-likeness (QED) is 0.845. The molecule has 18 heavy (non-hydrogen) atoms. The average Bonchev–Trinajstić information content (AvgIpc) is 3.14. The SMILES string of the molecule is Cc1ncc(CNC(c2ccccc2)C2CC2)[nH]1. The van der Waals surface area contributed by atoms with Crippen LogP contribution in [-0.4, -0.2) is 9.97 Å². The summed E-state index contributed by atoms with van der Waals surface area (Å²) in [5.41, 5.74) is 2.56. The maximum atomic E-state index is 4.23. The van der Waals surface area contributed by atoms with Crippen molar-refractivity contribution in [3.8, 4) is 0 Å². The van der Waals surface area contributed by atoms with Gasteiger partial charge in [-0.3, -0.25) is 0 Å². The molecule has 2 aromatic rings. The minimum Gasteiger partial charge on any atom is -0.345 e. The fraction of sp³-hybridized carbons (Fsp3) is 0.400. The van der Waals surface area contributed by atoms with Gasteiger partial charge in [-0.25, -0.2) is 4.98 Å². The topological polar surface area (TPSA) is 40.7 Å². The number of H-pyrrole nitrogens is 1. The van der Waals surface area contributed by atoms with Gasteiger partial charge in [-0.05, 0) is 31.2 Å². The van der Waals surface area contributed by atoms with Gasteiger partial charge in [-0.1, -0.05) is 30.3 Å². The third kappa shape index (κ3) is 2.62. The second-order valence-corrected chi connectivity index (χ2v) is 5.10. The summed E-state index contributed by atoms with van der Waals surface area (Å²) in [6.45, 7) is 2.84. The molecule has 1 saturated carbocycles. The van der Waals surface area contributed by atoms with Crippen LogP contribution >= 0.6 is 0 Å².